The van der Waals surface area contributed by atoms with Crippen molar-refractivity contribution in [2.24, 2.45) is 23.2 Å². The second kappa shape index (κ2) is 4.68. The van der Waals surface area contributed by atoms with Gasteiger partial charge in [-0.3, -0.25) is 0 Å². The molecule has 2 atom stereocenters. The molecule has 0 radical (unpaired) electrons. The molecule has 0 aromatic carbocycles. The van der Waals surface area contributed by atoms with Crippen LogP contribution in [0.5, 0.6) is 0 Å². The summed E-state index contributed by atoms with van der Waals surface area (Å²) >= 11 is 0. The van der Waals surface area contributed by atoms with Crippen molar-refractivity contribution in [1.29, 1.82) is 0 Å². The van der Waals surface area contributed by atoms with Gasteiger partial charge in [-0.1, -0.05) is 40.0 Å². The van der Waals surface area contributed by atoms with E-state index in [4.69, 9.17) is 0 Å². The molecule has 2 saturated carbocycles. The van der Waals surface area contributed by atoms with Crippen LogP contribution in [0.4, 0.5) is 0 Å². The Morgan fingerprint density at radius 1 is 1.19 bits per heavy atom. The fourth-order valence-electron chi connectivity index (χ4n) is 3.84. The van der Waals surface area contributed by atoms with Crippen molar-refractivity contribution in [3.8, 4) is 0 Å². The summed E-state index contributed by atoms with van der Waals surface area (Å²) in [6.07, 6.45) is 8.73. The topological polar surface area (TPSA) is 12.0 Å². The highest BCUT2D eigenvalue weighted by Crippen LogP contribution is 2.56. The predicted octanol–water partition coefficient (Wildman–Crippen LogP) is 3.84. The van der Waals surface area contributed by atoms with Crippen molar-refractivity contribution in [2.45, 2.75) is 65.3 Å². The number of hydrogen-bond acceptors (Lipinski definition) is 1. The van der Waals surface area contributed by atoms with Crippen LogP contribution >= 0.6 is 0 Å². The van der Waals surface area contributed by atoms with Crippen LogP contribution in [0.1, 0.15) is 59.3 Å². The second-order valence-electron chi connectivity index (χ2n) is 6.80. The molecule has 0 bridgehead atoms. The molecule has 0 heterocycles. The van der Waals surface area contributed by atoms with E-state index in [2.05, 4.69) is 33.1 Å². The van der Waals surface area contributed by atoms with Gasteiger partial charge in [-0.2, -0.15) is 0 Å². The lowest BCUT2D eigenvalue weighted by molar-refractivity contribution is 0.200. The Labute approximate surface area is 101 Å². The van der Waals surface area contributed by atoms with Gasteiger partial charge in [0.15, 0.2) is 0 Å². The average Bonchev–Trinajstić information content (AvgIpc) is 2.90. The van der Waals surface area contributed by atoms with E-state index in [1.807, 2.05) is 0 Å². The van der Waals surface area contributed by atoms with E-state index in [0.29, 0.717) is 5.41 Å². The Hall–Kier alpha value is -0.0400. The van der Waals surface area contributed by atoms with Gasteiger partial charge in [0.05, 0.1) is 0 Å². The lowest BCUT2D eigenvalue weighted by Crippen LogP contribution is -2.38. The summed E-state index contributed by atoms with van der Waals surface area (Å²) in [6, 6.07) is 0.799. The largest absolute Gasteiger partial charge is 0.316 e. The third-order valence-electron chi connectivity index (χ3n) is 5.33. The van der Waals surface area contributed by atoms with Gasteiger partial charge in [0.2, 0.25) is 0 Å². The molecule has 0 aliphatic heterocycles. The van der Waals surface area contributed by atoms with E-state index in [9.17, 15) is 0 Å². The summed E-state index contributed by atoms with van der Waals surface area (Å²) in [7, 11) is 2.17. The normalized spacial score (nSPS) is 39.4. The minimum absolute atomic E-state index is 0.620. The Bertz CT molecular complexity index is 226. The average molecular weight is 223 g/mol. The number of rotatable bonds is 4. The SMILES string of the molecule is CCC1CCC(C(NC)C2CC2(C)C)CC1. The first kappa shape index (κ1) is 12.4. The molecule has 16 heavy (non-hydrogen) atoms. The Balaban J connectivity index is 1.87. The molecule has 2 aliphatic rings. The van der Waals surface area contributed by atoms with Gasteiger partial charge >= 0.3 is 0 Å². The first-order valence-corrected chi connectivity index (χ1v) is 7.25. The molecule has 2 aliphatic carbocycles. The molecular formula is C15H29N. The highest BCUT2D eigenvalue weighted by Gasteiger charge is 2.51. The van der Waals surface area contributed by atoms with Crippen LogP contribution in [-0.4, -0.2) is 13.1 Å². The molecule has 0 saturated heterocycles. The summed E-state index contributed by atoms with van der Waals surface area (Å²) in [5, 5.41) is 3.62. The molecule has 0 amide bonds. The summed E-state index contributed by atoms with van der Waals surface area (Å²) in [4.78, 5) is 0. The molecule has 0 aromatic rings. The lowest BCUT2D eigenvalue weighted by Gasteiger charge is -2.34. The van der Waals surface area contributed by atoms with Gasteiger partial charge in [-0.25, -0.2) is 0 Å². The van der Waals surface area contributed by atoms with Gasteiger partial charge in [-0.05, 0) is 49.5 Å². The van der Waals surface area contributed by atoms with Crippen LogP contribution in [-0.2, 0) is 0 Å². The monoisotopic (exact) mass is 223 g/mol. The maximum absolute atomic E-state index is 3.62. The molecular weight excluding hydrogens is 194 g/mol. The quantitative estimate of drug-likeness (QED) is 0.763. The number of hydrogen-bond donors (Lipinski definition) is 1. The van der Waals surface area contributed by atoms with Crippen molar-refractivity contribution in [2.75, 3.05) is 7.05 Å². The molecule has 2 rings (SSSR count). The van der Waals surface area contributed by atoms with Crippen molar-refractivity contribution < 1.29 is 0 Å². The third-order valence-corrected chi connectivity index (χ3v) is 5.33. The van der Waals surface area contributed by atoms with Crippen LogP contribution in [0.15, 0.2) is 0 Å². The summed E-state index contributed by atoms with van der Waals surface area (Å²) in [5.41, 5.74) is 0.620. The van der Waals surface area contributed by atoms with Crippen molar-refractivity contribution in [1.82, 2.24) is 5.32 Å². The van der Waals surface area contributed by atoms with E-state index < -0.39 is 0 Å². The fraction of sp³-hybridized carbons (Fsp3) is 1.00. The maximum Gasteiger partial charge on any atom is 0.0126 e. The van der Waals surface area contributed by atoms with Crippen LogP contribution in [0.2, 0.25) is 0 Å². The minimum atomic E-state index is 0.620. The van der Waals surface area contributed by atoms with E-state index in [0.717, 1.165) is 23.8 Å². The van der Waals surface area contributed by atoms with Gasteiger partial charge in [0.1, 0.15) is 0 Å². The lowest BCUT2D eigenvalue weighted by atomic mass is 9.76. The second-order valence-corrected chi connectivity index (χ2v) is 6.80. The molecule has 2 fully saturated rings. The van der Waals surface area contributed by atoms with Gasteiger partial charge in [0.25, 0.3) is 0 Å². The van der Waals surface area contributed by atoms with Crippen molar-refractivity contribution in [3.63, 3.8) is 0 Å². The Morgan fingerprint density at radius 3 is 2.12 bits per heavy atom. The smallest absolute Gasteiger partial charge is 0.0126 e. The van der Waals surface area contributed by atoms with Crippen LogP contribution in [0.3, 0.4) is 0 Å². The summed E-state index contributed by atoms with van der Waals surface area (Å²) < 4.78 is 0. The zero-order valence-electron chi connectivity index (χ0n) is 11.6. The van der Waals surface area contributed by atoms with Crippen molar-refractivity contribution in [3.05, 3.63) is 0 Å². The van der Waals surface area contributed by atoms with Crippen LogP contribution < -0.4 is 5.32 Å². The molecule has 0 spiro atoms. The number of nitrogens with one attached hydrogen (secondary N) is 1. The molecule has 1 heteroatoms. The molecule has 1 N–H and O–H groups in total. The third kappa shape index (κ3) is 2.45. The standard InChI is InChI=1S/C15H29N/c1-5-11-6-8-12(9-7-11)14(16-4)13-10-15(13,2)3/h11-14,16H,5-10H2,1-4H3. The molecule has 0 aromatic heterocycles. The summed E-state index contributed by atoms with van der Waals surface area (Å²) in [6.45, 7) is 7.21. The predicted molar refractivity (Wildman–Crippen MR) is 70.5 cm³/mol. The molecule has 1 nitrogen and oxygen atoms in total. The zero-order chi connectivity index (χ0) is 11.8. The first-order valence-electron chi connectivity index (χ1n) is 7.25. The first-order chi connectivity index (χ1) is 7.58. The van der Waals surface area contributed by atoms with E-state index in [1.165, 1.54) is 38.5 Å². The minimum Gasteiger partial charge on any atom is -0.316 e. The Morgan fingerprint density at radius 2 is 1.75 bits per heavy atom. The van der Waals surface area contributed by atoms with Gasteiger partial charge < -0.3 is 5.32 Å². The van der Waals surface area contributed by atoms with Gasteiger partial charge in [-0.15, -0.1) is 0 Å². The highest BCUT2D eigenvalue weighted by atomic mass is 14.9. The Kier molecular flexibility index (Phi) is 3.63. The molecule has 94 valence electrons. The van der Waals surface area contributed by atoms with Crippen LogP contribution in [0.25, 0.3) is 0 Å². The van der Waals surface area contributed by atoms with E-state index >= 15 is 0 Å². The summed E-state index contributed by atoms with van der Waals surface area (Å²) in [5.74, 6) is 2.93. The maximum atomic E-state index is 3.62. The van der Waals surface area contributed by atoms with Gasteiger partial charge in [0, 0.05) is 6.04 Å². The zero-order valence-corrected chi connectivity index (χ0v) is 11.6. The van der Waals surface area contributed by atoms with Crippen LogP contribution in [0, 0.1) is 23.2 Å². The van der Waals surface area contributed by atoms with Crippen molar-refractivity contribution >= 4 is 0 Å². The van der Waals surface area contributed by atoms with E-state index in [-0.39, 0.29) is 0 Å². The highest BCUT2D eigenvalue weighted by molar-refractivity contribution is 5.03. The molecule has 2 unspecified atom stereocenters. The van der Waals surface area contributed by atoms with E-state index in [1.54, 1.807) is 0 Å². The fourth-order valence-corrected chi connectivity index (χ4v) is 3.84.